The maximum absolute atomic E-state index is 12.7. The Labute approximate surface area is 192 Å². The molecule has 170 valence electrons. The van der Waals surface area contributed by atoms with E-state index in [2.05, 4.69) is 41.2 Å². The van der Waals surface area contributed by atoms with Crippen molar-refractivity contribution in [3.8, 4) is 10.4 Å². The normalized spacial score (nSPS) is 18.8. The van der Waals surface area contributed by atoms with Gasteiger partial charge in [-0.1, -0.05) is 11.3 Å². The molecule has 0 saturated carbocycles. The fourth-order valence-corrected chi connectivity index (χ4v) is 5.32. The lowest BCUT2D eigenvalue weighted by molar-refractivity contribution is -0.00523. The van der Waals surface area contributed by atoms with Crippen LogP contribution in [0.3, 0.4) is 0 Å². The van der Waals surface area contributed by atoms with Crippen LogP contribution in [0.5, 0.6) is 0 Å². The Morgan fingerprint density at radius 1 is 1.09 bits per heavy atom. The molecule has 3 aromatic rings. The summed E-state index contributed by atoms with van der Waals surface area (Å²) in [6.45, 7) is 13.8. The number of carbonyl (C=O) groups is 1. The van der Waals surface area contributed by atoms with Gasteiger partial charge >= 0.3 is 0 Å². The molecule has 7 nitrogen and oxygen atoms in total. The lowest BCUT2D eigenvalue weighted by Crippen LogP contribution is -2.45. The summed E-state index contributed by atoms with van der Waals surface area (Å²) in [6, 6.07) is 6.00. The zero-order chi connectivity index (χ0) is 23.0. The zero-order valence-electron chi connectivity index (χ0n) is 19.5. The Balaban J connectivity index is 1.65. The molecule has 8 heteroatoms. The number of morpholine rings is 1. The summed E-state index contributed by atoms with van der Waals surface area (Å²) in [7, 11) is 0. The quantitative estimate of drug-likeness (QED) is 0.608. The van der Waals surface area contributed by atoms with E-state index in [9.17, 15) is 4.79 Å². The second-order valence-electron chi connectivity index (χ2n) is 8.63. The number of nitrogens with one attached hydrogen (secondary N) is 1. The van der Waals surface area contributed by atoms with Crippen LogP contribution in [0.2, 0.25) is 0 Å². The van der Waals surface area contributed by atoms with Crippen LogP contribution in [-0.4, -0.2) is 41.2 Å². The molecule has 0 aliphatic carbocycles. The maximum Gasteiger partial charge on any atom is 0.287 e. The van der Waals surface area contributed by atoms with E-state index in [1.54, 1.807) is 11.3 Å². The van der Waals surface area contributed by atoms with Gasteiger partial charge in [-0.2, -0.15) is 0 Å². The summed E-state index contributed by atoms with van der Waals surface area (Å²) >= 11 is 1.65. The smallest absolute Gasteiger partial charge is 0.287 e. The number of pyridine rings is 1. The molecule has 32 heavy (non-hydrogen) atoms. The SMILES string of the molecule is Cc1cc(-c2sc(N3C[C@@H](C)O[C@@H](C)C3)nc2CNC(=O)c2oc(C)cc2C)cc(C)n1. The maximum atomic E-state index is 12.7. The average Bonchev–Trinajstić information content (AvgIpc) is 3.27. The molecule has 2 atom stereocenters. The van der Waals surface area contributed by atoms with Crippen molar-refractivity contribution in [2.75, 3.05) is 18.0 Å². The molecule has 1 fully saturated rings. The predicted molar refractivity (Wildman–Crippen MR) is 126 cm³/mol. The highest BCUT2D eigenvalue weighted by Gasteiger charge is 2.26. The van der Waals surface area contributed by atoms with Gasteiger partial charge in [-0.15, -0.1) is 0 Å². The van der Waals surface area contributed by atoms with Crippen LogP contribution in [0, 0.1) is 27.7 Å². The van der Waals surface area contributed by atoms with Crippen LogP contribution in [0.1, 0.15) is 52.8 Å². The molecule has 1 aliphatic rings. The van der Waals surface area contributed by atoms with E-state index < -0.39 is 0 Å². The van der Waals surface area contributed by atoms with E-state index in [1.165, 1.54) is 0 Å². The molecule has 1 N–H and O–H groups in total. The molecule has 0 spiro atoms. The largest absolute Gasteiger partial charge is 0.456 e. The van der Waals surface area contributed by atoms with E-state index in [1.807, 2.05) is 33.8 Å². The summed E-state index contributed by atoms with van der Waals surface area (Å²) < 4.78 is 11.5. The molecule has 0 unspecified atom stereocenters. The summed E-state index contributed by atoms with van der Waals surface area (Å²) in [5.74, 6) is 0.848. The lowest BCUT2D eigenvalue weighted by atomic mass is 10.1. The fourth-order valence-electron chi connectivity index (χ4n) is 4.23. The highest BCUT2D eigenvalue weighted by atomic mass is 32.1. The number of aromatic nitrogens is 2. The molecule has 0 radical (unpaired) electrons. The minimum absolute atomic E-state index is 0.143. The third-order valence-corrected chi connectivity index (χ3v) is 6.59. The third-order valence-electron chi connectivity index (χ3n) is 5.38. The van der Waals surface area contributed by atoms with Crippen molar-refractivity contribution >= 4 is 22.4 Å². The monoisotopic (exact) mass is 454 g/mol. The standard InChI is InChI=1S/C24H30N4O3S/c1-13-7-16(4)31-21(13)23(29)25-10-20-22(19-8-14(2)26-15(3)9-19)32-24(27-20)28-11-17(5)30-18(6)12-28/h7-9,17-18H,10-12H2,1-6H3,(H,25,29)/t17-,18+. The first kappa shape index (κ1) is 22.5. The second kappa shape index (κ2) is 9.03. The number of carbonyl (C=O) groups excluding carboxylic acids is 1. The van der Waals surface area contributed by atoms with E-state index in [4.69, 9.17) is 14.1 Å². The number of ether oxygens (including phenoxy) is 1. The third kappa shape index (κ3) is 4.86. The number of anilines is 1. The number of hydrogen-bond acceptors (Lipinski definition) is 7. The van der Waals surface area contributed by atoms with Crippen LogP contribution in [-0.2, 0) is 11.3 Å². The van der Waals surface area contributed by atoms with Gasteiger partial charge in [0.25, 0.3) is 5.91 Å². The van der Waals surface area contributed by atoms with Crippen molar-refractivity contribution < 1.29 is 13.9 Å². The minimum Gasteiger partial charge on any atom is -0.456 e. The summed E-state index contributed by atoms with van der Waals surface area (Å²) in [6.07, 6.45) is 0.287. The molecule has 1 amide bonds. The first-order valence-electron chi connectivity index (χ1n) is 10.9. The Kier molecular flexibility index (Phi) is 6.35. The molecule has 3 aromatic heterocycles. The Morgan fingerprint density at radius 3 is 2.34 bits per heavy atom. The van der Waals surface area contributed by atoms with Crippen LogP contribution in [0.25, 0.3) is 10.4 Å². The molecule has 0 bridgehead atoms. The summed E-state index contributed by atoms with van der Waals surface area (Å²) in [5.41, 5.74) is 4.66. The first-order valence-corrected chi connectivity index (χ1v) is 11.7. The summed E-state index contributed by atoms with van der Waals surface area (Å²) in [4.78, 5) is 25.5. The van der Waals surface area contributed by atoms with Crippen molar-refractivity contribution in [2.24, 2.45) is 0 Å². The van der Waals surface area contributed by atoms with Gasteiger partial charge in [0.05, 0.1) is 29.3 Å². The van der Waals surface area contributed by atoms with E-state index in [0.29, 0.717) is 12.3 Å². The van der Waals surface area contributed by atoms with Gasteiger partial charge < -0.3 is 19.4 Å². The molecular weight excluding hydrogens is 424 g/mol. The van der Waals surface area contributed by atoms with E-state index in [0.717, 1.165) is 57.1 Å². The van der Waals surface area contributed by atoms with Crippen molar-refractivity contribution in [1.29, 1.82) is 0 Å². The van der Waals surface area contributed by atoms with Gasteiger partial charge in [-0.3, -0.25) is 9.78 Å². The van der Waals surface area contributed by atoms with E-state index >= 15 is 0 Å². The van der Waals surface area contributed by atoms with Gasteiger partial charge in [-0.25, -0.2) is 4.98 Å². The number of rotatable bonds is 5. The molecule has 4 rings (SSSR count). The number of aryl methyl sites for hydroxylation is 4. The van der Waals surface area contributed by atoms with Crippen LogP contribution in [0.4, 0.5) is 5.13 Å². The first-order chi connectivity index (χ1) is 15.2. The van der Waals surface area contributed by atoms with Crippen LogP contribution in [0.15, 0.2) is 22.6 Å². The van der Waals surface area contributed by atoms with Gasteiger partial charge in [0.1, 0.15) is 5.76 Å². The van der Waals surface area contributed by atoms with Gasteiger partial charge in [0.2, 0.25) is 0 Å². The zero-order valence-corrected chi connectivity index (χ0v) is 20.3. The number of furan rings is 1. The number of nitrogens with zero attached hydrogens (tertiary/aromatic N) is 3. The predicted octanol–water partition coefficient (Wildman–Crippen LogP) is 4.58. The number of hydrogen-bond donors (Lipinski definition) is 1. The number of amides is 1. The Morgan fingerprint density at radius 2 is 1.75 bits per heavy atom. The van der Waals surface area contributed by atoms with Gasteiger partial charge in [-0.05, 0) is 65.3 Å². The Hall–Kier alpha value is -2.71. The van der Waals surface area contributed by atoms with Crippen LogP contribution < -0.4 is 10.2 Å². The number of thiazole rings is 1. The Bertz CT molecular complexity index is 1110. The van der Waals surface area contributed by atoms with Gasteiger partial charge in [0.15, 0.2) is 10.9 Å². The molecule has 1 saturated heterocycles. The molecular formula is C24H30N4O3S. The van der Waals surface area contributed by atoms with Crippen molar-refractivity contribution in [3.63, 3.8) is 0 Å². The molecule has 0 aromatic carbocycles. The second-order valence-corrected chi connectivity index (χ2v) is 9.60. The summed E-state index contributed by atoms with van der Waals surface area (Å²) in [5, 5.41) is 3.94. The molecule has 1 aliphatic heterocycles. The van der Waals surface area contributed by atoms with Crippen molar-refractivity contribution in [1.82, 2.24) is 15.3 Å². The fraction of sp³-hybridized carbons (Fsp3) is 0.458. The highest BCUT2D eigenvalue weighted by Crippen LogP contribution is 2.36. The van der Waals surface area contributed by atoms with E-state index in [-0.39, 0.29) is 18.1 Å². The van der Waals surface area contributed by atoms with Crippen molar-refractivity contribution in [2.45, 2.75) is 60.3 Å². The molecule has 4 heterocycles. The average molecular weight is 455 g/mol. The topological polar surface area (TPSA) is 80.5 Å². The lowest BCUT2D eigenvalue weighted by Gasteiger charge is -2.35. The van der Waals surface area contributed by atoms with Crippen LogP contribution >= 0.6 is 11.3 Å². The highest BCUT2D eigenvalue weighted by molar-refractivity contribution is 7.19. The van der Waals surface area contributed by atoms with Gasteiger partial charge in [0, 0.05) is 30.0 Å². The minimum atomic E-state index is -0.230. The van der Waals surface area contributed by atoms with Crippen molar-refractivity contribution in [3.05, 3.63) is 52.4 Å².